The highest BCUT2D eigenvalue weighted by Gasteiger charge is 2.54. The minimum absolute atomic E-state index is 0.236. The Bertz CT molecular complexity index is 970. The Balaban J connectivity index is 1.55. The van der Waals surface area contributed by atoms with Crippen LogP contribution in [0.2, 0.25) is 0 Å². The topological polar surface area (TPSA) is 282 Å². The number of aliphatic hydroxyl groups is 9. The van der Waals surface area contributed by atoms with Crippen LogP contribution < -0.4 is 5.73 Å². The first kappa shape index (κ1) is 40.1. The minimum Gasteiger partial charge on any atom is -0.388 e. The lowest BCUT2D eigenvalue weighted by molar-refractivity contribution is -0.401. The quantitative estimate of drug-likeness (QED) is 0.0817. The molecule has 11 N–H and O–H groups in total. The van der Waals surface area contributed by atoms with E-state index in [1.54, 1.807) is 6.92 Å². The molecule has 4 heterocycles. The maximum Gasteiger partial charge on any atom is 0.187 e. The monoisotopic (exact) mass is 701 g/mol. The molecule has 282 valence electrons. The summed E-state index contributed by atoms with van der Waals surface area (Å²) >= 11 is 0. The second kappa shape index (κ2) is 17.7. The number of ether oxygens (including phenoxy) is 8. The summed E-state index contributed by atoms with van der Waals surface area (Å²) in [7, 11) is 0. The Morgan fingerprint density at radius 2 is 0.771 bits per heavy atom. The van der Waals surface area contributed by atoms with Gasteiger partial charge in [0.15, 0.2) is 25.2 Å². The maximum atomic E-state index is 11.2. The van der Waals surface area contributed by atoms with E-state index in [1.165, 1.54) is 20.8 Å². The summed E-state index contributed by atoms with van der Waals surface area (Å²) < 4.78 is 46.8. The molecule has 0 aromatic heterocycles. The first-order valence-corrected chi connectivity index (χ1v) is 16.7. The molecule has 0 bridgehead atoms. The van der Waals surface area contributed by atoms with E-state index in [4.69, 9.17) is 43.6 Å². The van der Waals surface area contributed by atoms with Crippen molar-refractivity contribution in [2.75, 3.05) is 13.2 Å². The molecular weight excluding hydrogens is 646 g/mol. The van der Waals surface area contributed by atoms with Crippen molar-refractivity contribution in [1.29, 1.82) is 0 Å². The van der Waals surface area contributed by atoms with E-state index in [-0.39, 0.29) is 6.61 Å². The predicted molar refractivity (Wildman–Crippen MR) is 159 cm³/mol. The van der Waals surface area contributed by atoms with Gasteiger partial charge in [0.05, 0.1) is 24.4 Å². The molecule has 0 saturated carbocycles. The van der Waals surface area contributed by atoms with Gasteiger partial charge in [-0.05, 0) is 47.1 Å². The molecule has 0 radical (unpaired) electrons. The normalized spacial score (nSPS) is 50.4. The zero-order valence-electron chi connectivity index (χ0n) is 27.7. The fraction of sp³-hybridized carbons (Fsp3) is 1.00. The molecule has 0 spiro atoms. The van der Waals surface area contributed by atoms with E-state index in [2.05, 4.69) is 0 Å². The molecule has 4 aliphatic rings. The van der Waals surface area contributed by atoms with Crippen molar-refractivity contribution in [1.82, 2.24) is 0 Å². The van der Waals surface area contributed by atoms with Crippen LogP contribution >= 0.6 is 0 Å². The van der Waals surface area contributed by atoms with E-state index in [0.29, 0.717) is 13.0 Å². The van der Waals surface area contributed by atoms with Crippen molar-refractivity contribution >= 4 is 0 Å². The fourth-order valence-corrected chi connectivity index (χ4v) is 6.18. The smallest absolute Gasteiger partial charge is 0.187 e. The maximum absolute atomic E-state index is 11.2. The number of hydrogen-bond donors (Lipinski definition) is 10. The third-order valence-electron chi connectivity index (χ3n) is 9.42. The number of unbranched alkanes of at least 4 members (excludes halogenated alkanes) is 3. The lowest BCUT2D eigenvalue weighted by Crippen LogP contribution is -2.67. The average Bonchev–Trinajstić information content (AvgIpc) is 3.05. The van der Waals surface area contributed by atoms with Gasteiger partial charge in [-0.15, -0.1) is 0 Å². The zero-order chi connectivity index (χ0) is 35.4. The molecule has 0 unspecified atom stereocenters. The van der Waals surface area contributed by atoms with Gasteiger partial charge in [0.1, 0.15) is 73.2 Å². The van der Waals surface area contributed by atoms with Crippen LogP contribution in [0.25, 0.3) is 0 Å². The van der Waals surface area contributed by atoms with Crippen molar-refractivity contribution in [3.63, 3.8) is 0 Å². The van der Waals surface area contributed by atoms with Gasteiger partial charge in [-0.2, -0.15) is 0 Å². The van der Waals surface area contributed by atoms with Crippen molar-refractivity contribution in [3.05, 3.63) is 0 Å². The molecule has 0 aromatic carbocycles. The summed E-state index contributed by atoms with van der Waals surface area (Å²) in [5.74, 6) is 0. The van der Waals surface area contributed by atoms with Gasteiger partial charge < -0.3 is 89.6 Å². The second-order valence-corrected chi connectivity index (χ2v) is 13.1. The van der Waals surface area contributed by atoms with Crippen LogP contribution in [0.15, 0.2) is 0 Å². The molecular formula is C30H55NO17. The highest BCUT2D eigenvalue weighted by atomic mass is 16.8. The van der Waals surface area contributed by atoms with Gasteiger partial charge in [-0.25, -0.2) is 0 Å². The number of nitrogens with two attached hydrogens (primary N) is 1. The molecule has 4 fully saturated rings. The lowest BCUT2D eigenvalue weighted by Gasteiger charge is -2.49. The zero-order valence-corrected chi connectivity index (χ0v) is 27.7. The van der Waals surface area contributed by atoms with Gasteiger partial charge in [0.2, 0.25) is 0 Å². The first-order valence-electron chi connectivity index (χ1n) is 16.7. The van der Waals surface area contributed by atoms with Crippen LogP contribution in [0.4, 0.5) is 0 Å². The van der Waals surface area contributed by atoms with Gasteiger partial charge in [-0.1, -0.05) is 12.8 Å². The van der Waals surface area contributed by atoms with Crippen LogP contribution in [-0.4, -0.2) is 182 Å². The highest BCUT2D eigenvalue weighted by Crippen LogP contribution is 2.35. The average molecular weight is 702 g/mol. The lowest BCUT2D eigenvalue weighted by atomic mass is 9.96. The fourth-order valence-electron chi connectivity index (χ4n) is 6.18. The molecule has 48 heavy (non-hydrogen) atoms. The van der Waals surface area contributed by atoms with Crippen molar-refractivity contribution in [2.45, 2.75) is 176 Å². The number of hydrogen-bond acceptors (Lipinski definition) is 18. The van der Waals surface area contributed by atoms with Crippen molar-refractivity contribution in [2.24, 2.45) is 5.73 Å². The predicted octanol–water partition coefficient (Wildman–Crippen LogP) is -4.09. The standard InChI is InChI=1S/C30H55NO17/c1-11-15(32)19(36)23(40)27(42-11)46-25-21(38)17(34)13(3)44-29(25)48-26-22(39)18(35)14(4)45-30(26)47-24-20(37)16(33)12(2)43-28(24)41-10-8-6-5-7-9-31/h11-30,32-40H,5-10,31H2,1-4H3/t11-,12-,13-,14-,15+,16+,17+,18+,19+,20+,21+,22+,23-,24-,25-,26-,27-,28+,29-,30-/m0/s1. The van der Waals surface area contributed by atoms with E-state index in [1.807, 2.05) is 0 Å². The summed E-state index contributed by atoms with van der Waals surface area (Å²) in [4.78, 5) is 0. The molecule has 20 atom stereocenters. The van der Waals surface area contributed by atoms with Crippen LogP contribution in [0, 0.1) is 0 Å². The first-order chi connectivity index (χ1) is 22.7. The number of aliphatic hydroxyl groups excluding tert-OH is 9. The summed E-state index contributed by atoms with van der Waals surface area (Å²) in [6, 6.07) is 0. The van der Waals surface area contributed by atoms with Crippen molar-refractivity contribution in [3.8, 4) is 0 Å². The molecule has 4 rings (SSSR count). The summed E-state index contributed by atoms with van der Waals surface area (Å²) in [6.07, 6.45) is -25.5. The van der Waals surface area contributed by atoms with E-state index >= 15 is 0 Å². The third-order valence-corrected chi connectivity index (χ3v) is 9.42. The molecule has 18 nitrogen and oxygen atoms in total. The molecule has 4 saturated heterocycles. The molecule has 18 heteroatoms. The Morgan fingerprint density at radius 3 is 1.23 bits per heavy atom. The van der Waals surface area contributed by atoms with E-state index < -0.39 is 123 Å². The Kier molecular flexibility index (Phi) is 14.7. The van der Waals surface area contributed by atoms with Gasteiger partial charge in [0.25, 0.3) is 0 Å². The van der Waals surface area contributed by atoms with Gasteiger partial charge in [0, 0.05) is 6.61 Å². The van der Waals surface area contributed by atoms with Crippen LogP contribution in [-0.2, 0) is 37.9 Å². The SMILES string of the molecule is C[C@@H]1O[C@@H](O[C@@H]2[C@H](O[C@@H]3[C@H](O[C@@H]4[C@H](OCCCCCCN)O[C@@H](C)[C@@H](O)[C@H]4O)O[C@@H](C)[C@@H](O)[C@H]3O)O[C@@H](C)[C@@H](O)[C@H]2O)[C@@H](O)[C@H](O)[C@@H]1O. The third kappa shape index (κ3) is 9.01. The van der Waals surface area contributed by atoms with E-state index in [0.717, 1.165) is 19.3 Å². The minimum atomic E-state index is -1.78. The Morgan fingerprint density at radius 1 is 0.417 bits per heavy atom. The largest absolute Gasteiger partial charge is 0.388 e. The van der Waals surface area contributed by atoms with Crippen LogP contribution in [0.3, 0.4) is 0 Å². The Hall–Kier alpha value is -0.720. The van der Waals surface area contributed by atoms with Crippen LogP contribution in [0.5, 0.6) is 0 Å². The molecule has 0 aliphatic carbocycles. The molecule has 4 aliphatic heterocycles. The number of rotatable bonds is 13. The Labute approximate surface area is 279 Å². The summed E-state index contributed by atoms with van der Waals surface area (Å²) in [5, 5.41) is 96.0. The van der Waals surface area contributed by atoms with Crippen molar-refractivity contribution < 1.29 is 83.9 Å². The second-order valence-electron chi connectivity index (χ2n) is 13.1. The molecule has 0 amide bonds. The molecule has 0 aromatic rings. The summed E-state index contributed by atoms with van der Waals surface area (Å²) in [6.45, 7) is 6.70. The van der Waals surface area contributed by atoms with Gasteiger partial charge in [-0.3, -0.25) is 0 Å². The van der Waals surface area contributed by atoms with Gasteiger partial charge >= 0.3 is 0 Å². The highest BCUT2D eigenvalue weighted by molar-refractivity contribution is 4.96. The van der Waals surface area contributed by atoms with E-state index in [9.17, 15) is 46.0 Å². The summed E-state index contributed by atoms with van der Waals surface area (Å²) in [5.41, 5.74) is 5.55. The van der Waals surface area contributed by atoms with Crippen LogP contribution in [0.1, 0.15) is 53.4 Å².